The first-order chi connectivity index (χ1) is 16.0. The van der Waals surface area contributed by atoms with Crippen LogP contribution in [0, 0.1) is 0 Å². The van der Waals surface area contributed by atoms with Crippen LogP contribution in [0.2, 0.25) is 0 Å². The quantitative estimate of drug-likeness (QED) is 0.620. The highest BCUT2D eigenvalue weighted by molar-refractivity contribution is 5.85. The van der Waals surface area contributed by atoms with Gasteiger partial charge in [-0.25, -0.2) is 0 Å². The van der Waals surface area contributed by atoms with E-state index in [0.717, 1.165) is 31.6 Å². The Kier molecular flexibility index (Phi) is 7.55. The summed E-state index contributed by atoms with van der Waals surface area (Å²) in [5.74, 6) is -1.45. The number of aliphatic hydroxyl groups is 1. The fourth-order valence-electron chi connectivity index (χ4n) is 4.46. The number of carbonyl (C=O) groups excluding carboxylic acids is 1. The molecule has 1 aliphatic heterocycles. The lowest BCUT2D eigenvalue weighted by atomic mass is 10.0. The largest absolute Gasteiger partial charge is 0.359 e. The zero-order valence-electron chi connectivity index (χ0n) is 19.3. The van der Waals surface area contributed by atoms with E-state index in [1.807, 2.05) is 42.5 Å². The van der Waals surface area contributed by atoms with Gasteiger partial charge in [-0.15, -0.1) is 0 Å². The van der Waals surface area contributed by atoms with Crippen molar-refractivity contribution < 1.29 is 9.90 Å². The minimum Gasteiger partial charge on any atom is -0.359 e. The maximum Gasteiger partial charge on any atom is 0.226 e. The topological polar surface area (TPSA) is 55.8 Å². The van der Waals surface area contributed by atoms with Crippen molar-refractivity contribution in [2.75, 3.05) is 26.2 Å². The van der Waals surface area contributed by atoms with Crippen LogP contribution in [0.1, 0.15) is 30.9 Å². The minimum atomic E-state index is -1.40. The molecule has 5 nitrogen and oxygen atoms in total. The molecule has 0 aromatic heterocycles. The summed E-state index contributed by atoms with van der Waals surface area (Å²) in [6.07, 6.45) is 5.08. The fraction of sp³-hybridized carbons (Fsp3) is 0.321. The predicted molar refractivity (Wildman–Crippen MR) is 134 cm³/mol. The molecule has 1 saturated heterocycles. The van der Waals surface area contributed by atoms with E-state index in [4.69, 9.17) is 0 Å². The number of benzene rings is 3. The lowest BCUT2D eigenvalue weighted by Gasteiger charge is -2.39. The molecule has 0 spiro atoms. The van der Waals surface area contributed by atoms with Crippen molar-refractivity contribution in [2.24, 2.45) is 0 Å². The van der Waals surface area contributed by atoms with Gasteiger partial charge < -0.3 is 5.11 Å². The second-order valence-electron chi connectivity index (χ2n) is 8.78. The molecule has 1 atom stereocenters. The average Bonchev–Trinajstić information content (AvgIpc) is 2.82. The fourth-order valence-corrected chi connectivity index (χ4v) is 4.46. The Bertz CT molecular complexity index is 1090. The van der Waals surface area contributed by atoms with E-state index in [1.165, 1.54) is 21.2 Å². The van der Waals surface area contributed by atoms with Gasteiger partial charge >= 0.3 is 0 Å². The molecule has 0 radical (unpaired) electrons. The summed E-state index contributed by atoms with van der Waals surface area (Å²) in [6.45, 7) is 5.06. The number of rotatable bonds is 5. The molecule has 3 aromatic carbocycles. The molecule has 2 N–H and O–H groups in total. The molecule has 5 heteroatoms. The minimum absolute atomic E-state index is 0.0442. The summed E-state index contributed by atoms with van der Waals surface area (Å²) in [6, 6.07) is 24.8. The van der Waals surface area contributed by atoms with E-state index in [2.05, 4.69) is 52.7 Å². The van der Waals surface area contributed by atoms with Crippen LogP contribution in [-0.2, 0) is 11.3 Å². The van der Waals surface area contributed by atoms with E-state index in [1.54, 1.807) is 6.92 Å². The Balaban J connectivity index is 1.41. The number of fused-ring (bicyclic) bond motifs is 1. The van der Waals surface area contributed by atoms with Crippen molar-refractivity contribution in [2.45, 2.75) is 32.2 Å². The maximum absolute atomic E-state index is 13.0. The van der Waals surface area contributed by atoms with Crippen LogP contribution >= 0.6 is 0 Å². The lowest BCUT2D eigenvalue weighted by Crippen LogP contribution is -2.60. The second kappa shape index (κ2) is 10.8. The van der Waals surface area contributed by atoms with Crippen LogP contribution < -0.4 is 5.32 Å². The summed E-state index contributed by atoms with van der Waals surface area (Å²) >= 11 is 0. The summed E-state index contributed by atoms with van der Waals surface area (Å²) in [7, 11) is 0. The van der Waals surface area contributed by atoms with Gasteiger partial charge in [-0.2, -0.15) is 0 Å². The van der Waals surface area contributed by atoms with Gasteiger partial charge in [0, 0.05) is 32.6 Å². The number of nitrogens with zero attached hydrogens (tertiary/aromatic N) is 2. The first-order valence-electron chi connectivity index (χ1n) is 11.7. The zero-order valence-corrected chi connectivity index (χ0v) is 19.3. The van der Waals surface area contributed by atoms with E-state index in [9.17, 15) is 9.90 Å². The standard InChI is InChI=1S/C28H33N3O2/c1-28(33)29-18-21-30(22-25-15-7-14-24-13-5-6-16-26(24)25)19-9-17-27(32)31(28)20-8-12-23-10-3-2-4-11-23/h2-8,10-16,29,33H,9,17-22H2,1H3/b12-8+. The summed E-state index contributed by atoms with van der Waals surface area (Å²) < 4.78 is 0. The molecule has 1 fully saturated rings. The molecular formula is C28H33N3O2. The van der Waals surface area contributed by atoms with Crippen molar-refractivity contribution >= 4 is 22.8 Å². The number of nitrogens with one attached hydrogen (secondary N) is 1. The zero-order chi connectivity index (χ0) is 23.1. The Labute approximate surface area is 196 Å². The van der Waals surface area contributed by atoms with Gasteiger partial charge in [0.2, 0.25) is 5.91 Å². The Morgan fingerprint density at radius 2 is 1.76 bits per heavy atom. The Morgan fingerprint density at radius 1 is 1.00 bits per heavy atom. The van der Waals surface area contributed by atoms with Gasteiger partial charge in [0.25, 0.3) is 0 Å². The van der Waals surface area contributed by atoms with Gasteiger partial charge in [-0.05, 0) is 41.8 Å². The van der Waals surface area contributed by atoms with Crippen LogP contribution in [0.3, 0.4) is 0 Å². The molecule has 4 rings (SSSR count). The first-order valence-corrected chi connectivity index (χ1v) is 11.7. The first kappa shape index (κ1) is 23.2. The molecule has 3 aromatic rings. The third-order valence-electron chi connectivity index (χ3n) is 6.25. The summed E-state index contributed by atoms with van der Waals surface area (Å²) in [5, 5.41) is 16.8. The van der Waals surface area contributed by atoms with Crippen molar-refractivity contribution in [3.8, 4) is 0 Å². The molecule has 0 bridgehead atoms. The molecule has 172 valence electrons. The molecule has 0 saturated carbocycles. The monoisotopic (exact) mass is 443 g/mol. The third-order valence-corrected chi connectivity index (χ3v) is 6.25. The van der Waals surface area contributed by atoms with Gasteiger partial charge in [0.15, 0.2) is 5.85 Å². The lowest BCUT2D eigenvalue weighted by molar-refractivity contribution is -0.162. The van der Waals surface area contributed by atoms with E-state index < -0.39 is 5.85 Å². The smallest absolute Gasteiger partial charge is 0.226 e. The maximum atomic E-state index is 13.0. The third kappa shape index (κ3) is 6.08. The van der Waals surface area contributed by atoms with Crippen LogP contribution in [0.4, 0.5) is 0 Å². The van der Waals surface area contributed by atoms with Crippen LogP contribution in [0.25, 0.3) is 16.8 Å². The SMILES string of the molecule is CC1(O)NCCN(Cc2cccc3ccccc23)CCCC(=O)N1C/C=C/c1ccccc1. The van der Waals surface area contributed by atoms with Crippen LogP contribution in [-0.4, -0.2) is 52.8 Å². The number of hydrogen-bond acceptors (Lipinski definition) is 4. The van der Waals surface area contributed by atoms with Crippen molar-refractivity contribution in [1.29, 1.82) is 0 Å². The van der Waals surface area contributed by atoms with E-state index in [-0.39, 0.29) is 5.91 Å². The number of amides is 1. The highest BCUT2D eigenvalue weighted by Gasteiger charge is 2.32. The second-order valence-corrected chi connectivity index (χ2v) is 8.78. The number of carbonyl (C=O) groups is 1. The highest BCUT2D eigenvalue weighted by Crippen LogP contribution is 2.21. The molecule has 33 heavy (non-hydrogen) atoms. The molecule has 1 aliphatic rings. The van der Waals surface area contributed by atoms with Gasteiger partial charge in [0.05, 0.1) is 0 Å². The van der Waals surface area contributed by atoms with Gasteiger partial charge in [-0.3, -0.25) is 19.9 Å². The Morgan fingerprint density at radius 3 is 2.61 bits per heavy atom. The molecule has 1 heterocycles. The van der Waals surface area contributed by atoms with E-state index in [0.29, 0.717) is 19.5 Å². The van der Waals surface area contributed by atoms with Crippen LogP contribution in [0.5, 0.6) is 0 Å². The summed E-state index contributed by atoms with van der Waals surface area (Å²) in [4.78, 5) is 16.9. The molecule has 0 aliphatic carbocycles. The van der Waals surface area contributed by atoms with Gasteiger partial charge in [-0.1, -0.05) is 84.9 Å². The number of hydrogen-bond donors (Lipinski definition) is 2. The van der Waals surface area contributed by atoms with Crippen LogP contribution in [0.15, 0.2) is 78.9 Å². The molecule has 1 unspecified atom stereocenters. The van der Waals surface area contributed by atoms with Crippen molar-refractivity contribution in [3.05, 3.63) is 90.0 Å². The van der Waals surface area contributed by atoms with Gasteiger partial charge in [0.1, 0.15) is 0 Å². The normalized spacial score (nSPS) is 21.0. The highest BCUT2D eigenvalue weighted by atomic mass is 16.3. The Hall–Kier alpha value is -2.99. The predicted octanol–water partition coefficient (Wildman–Crippen LogP) is 4.23. The summed E-state index contributed by atoms with van der Waals surface area (Å²) in [5.41, 5.74) is 2.36. The molecular weight excluding hydrogens is 410 g/mol. The molecule has 1 amide bonds. The van der Waals surface area contributed by atoms with E-state index >= 15 is 0 Å². The average molecular weight is 444 g/mol. The van der Waals surface area contributed by atoms with Crippen molar-refractivity contribution in [3.63, 3.8) is 0 Å². The van der Waals surface area contributed by atoms with Crippen molar-refractivity contribution in [1.82, 2.24) is 15.1 Å².